The minimum Gasteiger partial charge on any atom is -0.492 e. The van der Waals surface area contributed by atoms with Gasteiger partial charge in [0.25, 0.3) is 0 Å². The van der Waals surface area contributed by atoms with Crippen LogP contribution in [0.2, 0.25) is 5.02 Å². The summed E-state index contributed by atoms with van der Waals surface area (Å²) in [7, 11) is 0. The summed E-state index contributed by atoms with van der Waals surface area (Å²) in [6.45, 7) is 24.4. The molecule has 5 saturated carbocycles. The molecule has 6 fully saturated rings. The normalized spacial score (nSPS) is 38.3. The van der Waals surface area contributed by atoms with E-state index < -0.39 is 22.7 Å². The molecular weight excluding hydrogens is 800 g/mol. The molecule has 10 atom stereocenters. The molecule has 9 nitrogen and oxygen atoms in total. The number of rotatable bonds is 12. The fourth-order valence-corrected chi connectivity index (χ4v) is 15.9. The molecule has 1 heterocycles. The number of carbonyl (C=O) groups is 4. The lowest BCUT2D eigenvalue weighted by molar-refractivity contribution is -0.236. The lowest BCUT2D eigenvalue weighted by Crippen LogP contribution is -2.66. The Bertz CT molecular complexity index is 2000. The molecule has 1 aromatic carbocycles. The zero-order chi connectivity index (χ0) is 44.8. The van der Waals surface area contributed by atoms with Crippen LogP contribution in [0.5, 0.6) is 5.75 Å². The van der Waals surface area contributed by atoms with Crippen LogP contribution in [-0.4, -0.2) is 66.0 Å². The van der Waals surface area contributed by atoms with Crippen LogP contribution in [-0.2, 0) is 30.5 Å². The maximum Gasteiger partial charge on any atom is 0.309 e. The van der Waals surface area contributed by atoms with Gasteiger partial charge in [-0.05, 0) is 147 Å². The lowest BCUT2D eigenvalue weighted by Gasteiger charge is -2.72. The van der Waals surface area contributed by atoms with Crippen molar-refractivity contribution in [2.75, 3.05) is 26.2 Å². The van der Waals surface area contributed by atoms with E-state index in [0.29, 0.717) is 55.0 Å². The minimum absolute atomic E-state index is 0.0166. The van der Waals surface area contributed by atoms with E-state index in [-0.39, 0.29) is 63.2 Å². The van der Waals surface area contributed by atoms with Crippen LogP contribution < -0.4 is 10.1 Å². The number of fused-ring (bicyclic) bond motifs is 7. The number of ketones is 1. The Hall–Kier alpha value is -2.91. The number of esters is 1. The highest BCUT2D eigenvalue weighted by atomic mass is 35.5. The highest BCUT2D eigenvalue weighted by Gasteiger charge is 2.70. The molecule has 0 radical (unpaired) electrons. The molecule has 6 aliphatic carbocycles. The number of nitrogens with zero attached hydrogens (tertiary/aromatic N) is 1. The van der Waals surface area contributed by atoms with E-state index >= 15 is 0 Å². The SMILES string of the molecule is CC(C)C1=C2[C@H]3CC[C@@H]4[C@@]5(C)CC[C@H](OC(=O)[C@H]6C[C@@H](C(=O)O)C6(C)C)C(C)(C)[C@@H]5CC[C@@]4(C)[C@]3(C)CC[C@@]2(CC(=O)NCc2ccc(Cl)cc2OCCN2CCCC2)CC1=O. The number of benzene rings is 1. The van der Waals surface area contributed by atoms with E-state index in [0.717, 1.165) is 82.1 Å². The second kappa shape index (κ2) is 16.2. The van der Waals surface area contributed by atoms with Crippen LogP contribution in [0.15, 0.2) is 29.3 Å². The average Bonchev–Trinajstić information content (AvgIpc) is 3.81. The Kier molecular flexibility index (Phi) is 11.9. The van der Waals surface area contributed by atoms with Crippen LogP contribution in [0.25, 0.3) is 0 Å². The summed E-state index contributed by atoms with van der Waals surface area (Å²) >= 11 is 6.41. The van der Waals surface area contributed by atoms with Crippen molar-refractivity contribution in [3.63, 3.8) is 0 Å². The monoisotopic (exact) mass is 875 g/mol. The molecule has 8 rings (SSSR count). The van der Waals surface area contributed by atoms with Gasteiger partial charge in [0.05, 0.1) is 11.8 Å². The predicted octanol–water partition coefficient (Wildman–Crippen LogP) is 10.5. The Morgan fingerprint density at radius 1 is 0.887 bits per heavy atom. The Labute approximate surface area is 376 Å². The van der Waals surface area contributed by atoms with Gasteiger partial charge >= 0.3 is 11.9 Å². The fraction of sp³-hybridized carbons (Fsp3) is 0.769. The molecule has 1 amide bonds. The van der Waals surface area contributed by atoms with Gasteiger partial charge < -0.3 is 19.9 Å². The zero-order valence-corrected chi connectivity index (χ0v) is 40.0. The van der Waals surface area contributed by atoms with E-state index in [9.17, 15) is 24.3 Å². The zero-order valence-electron chi connectivity index (χ0n) is 39.2. The number of likely N-dealkylation sites (tertiary alicyclic amines) is 1. The van der Waals surface area contributed by atoms with Gasteiger partial charge in [0.15, 0.2) is 5.78 Å². The van der Waals surface area contributed by atoms with Gasteiger partial charge in [-0.1, -0.05) is 85.6 Å². The molecule has 0 spiro atoms. The van der Waals surface area contributed by atoms with Gasteiger partial charge in [-0.3, -0.25) is 24.1 Å². The third kappa shape index (κ3) is 7.28. The van der Waals surface area contributed by atoms with Crippen LogP contribution in [0.3, 0.4) is 0 Å². The first-order chi connectivity index (χ1) is 29.1. The van der Waals surface area contributed by atoms with Crippen molar-refractivity contribution < 1.29 is 33.8 Å². The number of aliphatic carboxylic acids is 1. The number of hydrogen-bond donors (Lipinski definition) is 2. The van der Waals surface area contributed by atoms with E-state index in [1.807, 2.05) is 32.0 Å². The quantitative estimate of drug-likeness (QED) is 0.199. The molecule has 1 aliphatic heterocycles. The van der Waals surface area contributed by atoms with Gasteiger partial charge in [-0.25, -0.2) is 0 Å². The maximum absolute atomic E-state index is 14.2. The summed E-state index contributed by atoms with van der Waals surface area (Å²) in [6, 6.07) is 5.65. The largest absolute Gasteiger partial charge is 0.492 e. The highest BCUT2D eigenvalue weighted by molar-refractivity contribution is 6.30. The van der Waals surface area contributed by atoms with Crippen molar-refractivity contribution in [3.05, 3.63) is 39.9 Å². The number of carboxylic acids is 1. The van der Waals surface area contributed by atoms with Crippen molar-refractivity contribution in [2.24, 2.45) is 68.0 Å². The Balaban J connectivity index is 0.987. The molecule has 10 heteroatoms. The first kappa shape index (κ1) is 45.7. The molecule has 62 heavy (non-hydrogen) atoms. The third-order valence-corrected chi connectivity index (χ3v) is 19.7. The third-order valence-electron chi connectivity index (χ3n) is 19.5. The van der Waals surface area contributed by atoms with Crippen molar-refractivity contribution >= 4 is 35.2 Å². The van der Waals surface area contributed by atoms with Crippen LogP contribution >= 0.6 is 11.6 Å². The topological polar surface area (TPSA) is 122 Å². The van der Waals surface area contributed by atoms with Crippen LogP contribution in [0, 0.1) is 68.0 Å². The molecule has 0 bridgehead atoms. The van der Waals surface area contributed by atoms with Crippen molar-refractivity contribution in [2.45, 2.75) is 158 Å². The fourth-order valence-electron chi connectivity index (χ4n) is 15.8. The first-order valence-corrected chi connectivity index (χ1v) is 24.6. The molecule has 342 valence electrons. The number of carbonyl (C=O) groups excluding carboxylic acids is 3. The maximum atomic E-state index is 14.2. The number of hydrogen-bond acceptors (Lipinski definition) is 7. The summed E-state index contributed by atoms with van der Waals surface area (Å²) in [5, 5.41) is 13.6. The average molecular weight is 876 g/mol. The van der Waals surface area contributed by atoms with Gasteiger partial charge in [0, 0.05) is 47.3 Å². The van der Waals surface area contributed by atoms with Crippen LogP contribution in [0.4, 0.5) is 0 Å². The van der Waals surface area contributed by atoms with Crippen molar-refractivity contribution in [3.8, 4) is 5.75 Å². The number of Topliss-reactive ketones (excluding diaryl/α,β-unsaturated/α-hetero) is 1. The number of halogens is 1. The summed E-state index contributed by atoms with van der Waals surface area (Å²) < 4.78 is 12.7. The highest BCUT2D eigenvalue weighted by Crippen LogP contribution is 2.77. The molecule has 1 aromatic rings. The lowest BCUT2D eigenvalue weighted by atomic mass is 9.33. The molecule has 2 N–H and O–H groups in total. The van der Waals surface area contributed by atoms with E-state index in [4.69, 9.17) is 21.1 Å². The van der Waals surface area contributed by atoms with Crippen molar-refractivity contribution in [1.82, 2.24) is 10.2 Å². The van der Waals surface area contributed by atoms with Gasteiger partial charge in [-0.2, -0.15) is 0 Å². The molecule has 1 saturated heterocycles. The predicted molar refractivity (Wildman–Crippen MR) is 241 cm³/mol. The number of ether oxygens (including phenoxy) is 2. The van der Waals surface area contributed by atoms with Gasteiger partial charge in [0.2, 0.25) is 5.91 Å². The second-order valence-electron chi connectivity index (χ2n) is 23.4. The van der Waals surface area contributed by atoms with E-state index in [1.54, 1.807) is 0 Å². The summed E-state index contributed by atoms with van der Waals surface area (Å²) in [4.78, 5) is 56.4. The van der Waals surface area contributed by atoms with Gasteiger partial charge in [-0.15, -0.1) is 0 Å². The summed E-state index contributed by atoms with van der Waals surface area (Å²) in [5.41, 5.74) is 1.97. The summed E-state index contributed by atoms with van der Waals surface area (Å²) in [6.07, 6.45) is 11.2. The molecule has 0 unspecified atom stereocenters. The first-order valence-electron chi connectivity index (χ1n) is 24.2. The Morgan fingerprint density at radius 2 is 1.61 bits per heavy atom. The van der Waals surface area contributed by atoms with E-state index in [1.165, 1.54) is 18.4 Å². The van der Waals surface area contributed by atoms with Crippen LogP contribution in [0.1, 0.15) is 151 Å². The van der Waals surface area contributed by atoms with E-state index in [2.05, 4.69) is 58.7 Å². The van der Waals surface area contributed by atoms with Gasteiger partial charge in [0.1, 0.15) is 18.5 Å². The molecule has 7 aliphatic rings. The smallest absolute Gasteiger partial charge is 0.309 e. The second-order valence-corrected chi connectivity index (χ2v) is 23.8. The standard InChI is InChI=1S/C52H75ClN2O7/c1-31(2)43-37(56)28-52(29-42(57)54-30-32-12-13-33(53)26-38(32)61-25-24-55-22-10-11-23-55)21-20-50(8)34(44(43)52)14-15-40-49(7)18-17-41(48(5,6)39(49)16-19-51(40,50)9)62-46(60)36-27-35(45(58)59)47(36,3)4/h12-13,26,31,34-36,39-41H,10-11,14-25,27-30H2,1-9H3,(H,54,57)(H,58,59)/t34-,35+,36-,39+,40-,41+,49+,50-,51-,52+/m1/s1. The van der Waals surface area contributed by atoms with Crippen molar-refractivity contribution in [1.29, 1.82) is 0 Å². The number of allylic oxidation sites excluding steroid dienone is 2. The minimum atomic E-state index is -0.833. The summed E-state index contributed by atoms with van der Waals surface area (Å²) in [5.74, 6) is 0.158. The molecule has 0 aromatic heterocycles. The Morgan fingerprint density at radius 3 is 2.29 bits per heavy atom. The number of nitrogens with one attached hydrogen (secondary N) is 1. The number of amides is 1. The molecular formula is C52H75ClN2O7. The number of carboxylic acid groups (broad SMARTS) is 1.